The Kier molecular flexibility index (Phi) is 6.20. The molecule has 0 saturated carbocycles. The molecule has 1 amide bonds. The monoisotopic (exact) mass is 358 g/mol. The van der Waals surface area contributed by atoms with Crippen LogP contribution in [0.2, 0.25) is 0 Å². The fourth-order valence-electron chi connectivity index (χ4n) is 2.44. The molecule has 0 N–H and O–H groups in total. The molecule has 0 aliphatic heterocycles. The number of carbonyl (C=O) groups excluding carboxylic acids is 1. The summed E-state index contributed by atoms with van der Waals surface area (Å²) >= 11 is 1.52. The molecule has 2 rings (SSSR count). The van der Waals surface area contributed by atoms with Gasteiger partial charge in [-0.25, -0.2) is 0 Å². The molecule has 2 aromatic rings. The number of rotatable bonds is 6. The summed E-state index contributed by atoms with van der Waals surface area (Å²) in [6, 6.07) is 12.4. The molecule has 0 bridgehead atoms. The van der Waals surface area contributed by atoms with Crippen LogP contribution in [0.1, 0.15) is 29.7 Å². The third kappa shape index (κ3) is 4.82. The van der Waals surface area contributed by atoms with E-state index in [9.17, 15) is 14.9 Å². The van der Waals surface area contributed by atoms with Gasteiger partial charge >= 0.3 is 0 Å². The smallest absolute Gasteiger partial charge is 0.269 e. The highest BCUT2D eigenvalue weighted by Gasteiger charge is 2.19. The standard InChI is InChI=1S/C19H22N2O3S/c1-13-8-9-14(2)18(10-13)25-12-19(22)20(4)15(3)16-6-5-7-17(11-16)21(23)24/h5-11,15H,12H2,1-4H3/t15-/m0/s1. The van der Waals surface area contributed by atoms with E-state index < -0.39 is 4.92 Å². The number of aryl methyl sites for hydroxylation is 2. The molecule has 25 heavy (non-hydrogen) atoms. The van der Waals surface area contributed by atoms with Crippen LogP contribution in [0.15, 0.2) is 47.4 Å². The molecule has 0 fully saturated rings. The van der Waals surface area contributed by atoms with Crippen molar-refractivity contribution in [1.82, 2.24) is 4.90 Å². The summed E-state index contributed by atoms with van der Waals surface area (Å²) in [4.78, 5) is 25.8. The van der Waals surface area contributed by atoms with Gasteiger partial charge in [-0.1, -0.05) is 29.8 Å². The average molecular weight is 358 g/mol. The highest BCUT2D eigenvalue weighted by molar-refractivity contribution is 8.00. The van der Waals surface area contributed by atoms with E-state index in [0.717, 1.165) is 16.0 Å². The van der Waals surface area contributed by atoms with E-state index in [1.807, 2.05) is 20.8 Å². The second-order valence-electron chi connectivity index (χ2n) is 6.09. The second kappa shape index (κ2) is 8.16. The Hall–Kier alpha value is -2.34. The van der Waals surface area contributed by atoms with Crippen molar-refractivity contribution < 1.29 is 9.72 Å². The van der Waals surface area contributed by atoms with E-state index in [2.05, 4.69) is 18.2 Å². The largest absolute Gasteiger partial charge is 0.338 e. The van der Waals surface area contributed by atoms with Crippen LogP contribution >= 0.6 is 11.8 Å². The van der Waals surface area contributed by atoms with Crippen molar-refractivity contribution in [2.45, 2.75) is 31.7 Å². The number of hydrogen-bond donors (Lipinski definition) is 0. The van der Waals surface area contributed by atoms with Crippen molar-refractivity contribution in [1.29, 1.82) is 0 Å². The van der Waals surface area contributed by atoms with Gasteiger partial charge in [-0.15, -0.1) is 11.8 Å². The van der Waals surface area contributed by atoms with Crippen molar-refractivity contribution in [3.63, 3.8) is 0 Å². The molecule has 6 heteroatoms. The number of carbonyl (C=O) groups is 1. The summed E-state index contributed by atoms with van der Waals surface area (Å²) in [7, 11) is 1.73. The second-order valence-corrected chi connectivity index (χ2v) is 7.11. The first-order valence-electron chi connectivity index (χ1n) is 7.99. The van der Waals surface area contributed by atoms with Crippen LogP contribution in [0.25, 0.3) is 0 Å². The van der Waals surface area contributed by atoms with Crippen molar-refractivity contribution in [2.24, 2.45) is 0 Å². The lowest BCUT2D eigenvalue weighted by atomic mass is 10.1. The molecular formula is C19H22N2O3S. The van der Waals surface area contributed by atoms with Gasteiger partial charge in [0.2, 0.25) is 5.91 Å². The maximum atomic E-state index is 12.5. The topological polar surface area (TPSA) is 63.5 Å². The highest BCUT2D eigenvalue weighted by atomic mass is 32.2. The van der Waals surface area contributed by atoms with Gasteiger partial charge in [0.15, 0.2) is 0 Å². The molecule has 2 aromatic carbocycles. The third-order valence-corrected chi connectivity index (χ3v) is 5.37. The number of benzene rings is 2. The van der Waals surface area contributed by atoms with Crippen LogP contribution in [0.5, 0.6) is 0 Å². The predicted octanol–water partition coefficient (Wildman–Crippen LogP) is 4.52. The molecule has 0 spiro atoms. The molecule has 0 aromatic heterocycles. The molecule has 0 unspecified atom stereocenters. The Morgan fingerprint density at radius 2 is 1.96 bits per heavy atom. The zero-order valence-corrected chi connectivity index (χ0v) is 15.7. The fraction of sp³-hybridized carbons (Fsp3) is 0.316. The zero-order chi connectivity index (χ0) is 18.6. The van der Waals surface area contributed by atoms with Crippen LogP contribution in [0.4, 0.5) is 5.69 Å². The zero-order valence-electron chi connectivity index (χ0n) is 14.9. The van der Waals surface area contributed by atoms with Crippen LogP contribution in [-0.4, -0.2) is 28.5 Å². The molecule has 0 radical (unpaired) electrons. The van der Waals surface area contributed by atoms with Gasteiger partial charge in [-0.3, -0.25) is 14.9 Å². The highest BCUT2D eigenvalue weighted by Crippen LogP contribution is 2.26. The minimum absolute atomic E-state index is 0.00934. The third-order valence-electron chi connectivity index (χ3n) is 4.23. The first-order chi connectivity index (χ1) is 11.8. The van der Waals surface area contributed by atoms with Gasteiger partial charge in [0.1, 0.15) is 0 Å². The lowest BCUT2D eigenvalue weighted by molar-refractivity contribution is -0.384. The van der Waals surface area contributed by atoms with Crippen molar-refractivity contribution in [3.05, 3.63) is 69.3 Å². The maximum Gasteiger partial charge on any atom is 0.269 e. The van der Waals surface area contributed by atoms with Crippen LogP contribution in [-0.2, 0) is 4.79 Å². The van der Waals surface area contributed by atoms with Crippen LogP contribution < -0.4 is 0 Å². The molecule has 0 heterocycles. The molecule has 0 saturated heterocycles. The summed E-state index contributed by atoms with van der Waals surface area (Å²) in [5, 5.41) is 10.9. The first kappa shape index (κ1) is 19.0. The Morgan fingerprint density at radius 3 is 2.64 bits per heavy atom. The molecule has 0 aliphatic carbocycles. The van der Waals surface area contributed by atoms with E-state index in [0.29, 0.717) is 5.75 Å². The minimum atomic E-state index is -0.422. The van der Waals surface area contributed by atoms with Crippen molar-refractivity contribution in [3.8, 4) is 0 Å². The normalized spacial score (nSPS) is 11.8. The molecule has 132 valence electrons. The minimum Gasteiger partial charge on any atom is -0.338 e. The number of nitro benzene ring substituents is 1. The Labute approximate surface area is 152 Å². The van der Waals surface area contributed by atoms with Crippen LogP contribution in [0, 0.1) is 24.0 Å². The number of nitro groups is 1. The van der Waals surface area contributed by atoms with Crippen molar-refractivity contribution >= 4 is 23.4 Å². The Bertz CT molecular complexity index is 792. The summed E-state index contributed by atoms with van der Waals surface area (Å²) in [5.41, 5.74) is 3.10. The van der Waals surface area contributed by atoms with E-state index in [4.69, 9.17) is 0 Å². The summed E-state index contributed by atoms with van der Waals surface area (Å²) in [6.45, 7) is 5.93. The lowest BCUT2D eigenvalue weighted by Crippen LogP contribution is -2.31. The summed E-state index contributed by atoms with van der Waals surface area (Å²) in [5.74, 6) is 0.324. The SMILES string of the molecule is Cc1ccc(C)c(SCC(=O)N(C)[C@@H](C)c2cccc([N+](=O)[O-])c2)c1. The van der Waals surface area contributed by atoms with Crippen LogP contribution in [0.3, 0.4) is 0 Å². The van der Waals surface area contributed by atoms with E-state index in [1.165, 1.54) is 29.5 Å². The molecule has 5 nitrogen and oxygen atoms in total. The van der Waals surface area contributed by atoms with Gasteiger partial charge in [-0.05, 0) is 38.0 Å². The molecule has 1 atom stereocenters. The van der Waals surface area contributed by atoms with E-state index >= 15 is 0 Å². The van der Waals surface area contributed by atoms with Gasteiger partial charge in [0, 0.05) is 24.1 Å². The molecule has 0 aliphatic rings. The Balaban J connectivity index is 2.05. The number of nitrogens with zero attached hydrogens (tertiary/aromatic N) is 2. The fourth-order valence-corrected chi connectivity index (χ4v) is 3.49. The van der Waals surface area contributed by atoms with Gasteiger partial charge in [-0.2, -0.15) is 0 Å². The predicted molar refractivity (Wildman–Crippen MR) is 101 cm³/mol. The average Bonchev–Trinajstić information content (AvgIpc) is 2.61. The number of amides is 1. The lowest BCUT2D eigenvalue weighted by Gasteiger charge is -2.25. The summed E-state index contributed by atoms with van der Waals surface area (Å²) < 4.78 is 0. The maximum absolute atomic E-state index is 12.5. The first-order valence-corrected chi connectivity index (χ1v) is 8.98. The van der Waals surface area contributed by atoms with E-state index in [1.54, 1.807) is 24.1 Å². The van der Waals surface area contributed by atoms with Gasteiger partial charge in [0.25, 0.3) is 5.69 Å². The number of non-ortho nitro benzene ring substituents is 1. The number of hydrogen-bond acceptors (Lipinski definition) is 4. The van der Waals surface area contributed by atoms with Crippen molar-refractivity contribution in [2.75, 3.05) is 12.8 Å². The molecular weight excluding hydrogens is 336 g/mol. The van der Waals surface area contributed by atoms with Gasteiger partial charge in [0.05, 0.1) is 16.7 Å². The summed E-state index contributed by atoms with van der Waals surface area (Å²) in [6.07, 6.45) is 0. The Morgan fingerprint density at radius 1 is 1.24 bits per heavy atom. The van der Waals surface area contributed by atoms with Gasteiger partial charge < -0.3 is 4.90 Å². The number of thioether (sulfide) groups is 1. The van der Waals surface area contributed by atoms with E-state index in [-0.39, 0.29) is 17.6 Å². The quantitative estimate of drug-likeness (QED) is 0.432.